The van der Waals surface area contributed by atoms with E-state index in [0.29, 0.717) is 28.0 Å². The van der Waals surface area contributed by atoms with Crippen molar-refractivity contribution in [2.45, 2.75) is 0 Å². The Balaban J connectivity index is 1.41. The summed E-state index contributed by atoms with van der Waals surface area (Å²) in [6.07, 6.45) is 0. The Kier molecular flexibility index (Phi) is 6.97. The molecule has 0 heterocycles. The van der Waals surface area contributed by atoms with Gasteiger partial charge in [-0.2, -0.15) is 5.26 Å². The summed E-state index contributed by atoms with van der Waals surface area (Å²) < 4.78 is 5.72. The topological polar surface area (TPSA) is 91.2 Å². The Bertz CT molecular complexity index is 1360. The third-order valence-electron chi connectivity index (χ3n) is 5.16. The van der Waals surface area contributed by atoms with Crippen LogP contribution in [0.5, 0.6) is 5.75 Å². The molecule has 4 aromatic carbocycles. The molecule has 4 aromatic rings. The summed E-state index contributed by atoms with van der Waals surface area (Å²) in [7, 11) is 0. The van der Waals surface area contributed by atoms with Crippen LogP contribution in [0.4, 0.5) is 0 Å². The van der Waals surface area contributed by atoms with E-state index in [9.17, 15) is 14.9 Å². The minimum atomic E-state index is -0.508. The molecule has 2 amide bonds. The summed E-state index contributed by atoms with van der Waals surface area (Å²) in [5, 5.41) is 9.41. The molecule has 0 saturated heterocycles. The molecule has 0 saturated carbocycles. The zero-order chi connectivity index (χ0) is 23.8. The fourth-order valence-corrected chi connectivity index (χ4v) is 3.55. The molecular formula is C28H21N3O3. The van der Waals surface area contributed by atoms with E-state index in [0.717, 1.165) is 11.1 Å². The number of benzene rings is 4. The van der Waals surface area contributed by atoms with E-state index in [1.165, 1.54) is 0 Å². The summed E-state index contributed by atoms with van der Waals surface area (Å²) in [6.45, 7) is -0.275. The van der Waals surface area contributed by atoms with E-state index in [2.05, 4.69) is 16.9 Å². The number of carbonyl (C=O) groups is 2. The normalized spacial score (nSPS) is 10.1. The van der Waals surface area contributed by atoms with E-state index < -0.39 is 11.8 Å². The van der Waals surface area contributed by atoms with Crippen LogP contribution in [0.15, 0.2) is 103 Å². The molecule has 0 bridgehead atoms. The van der Waals surface area contributed by atoms with Gasteiger partial charge < -0.3 is 4.74 Å². The molecule has 6 heteroatoms. The summed E-state index contributed by atoms with van der Waals surface area (Å²) in [6, 6.07) is 33.2. The molecule has 0 aliphatic carbocycles. The van der Waals surface area contributed by atoms with Gasteiger partial charge >= 0.3 is 0 Å². The molecule has 166 valence electrons. The molecule has 0 fully saturated rings. The monoisotopic (exact) mass is 447 g/mol. The molecule has 0 radical (unpaired) electrons. The minimum absolute atomic E-state index is 0.275. The lowest BCUT2D eigenvalue weighted by molar-refractivity contribution is -0.123. The number of ether oxygens (including phenoxy) is 1. The van der Waals surface area contributed by atoms with Crippen LogP contribution in [0, 0.1) is 11.3 Å². The van der Waals surface area contributed by atoms with Gasteiger partial charge in [0.25, 0.3) is 11.8 Å². The molecule has 0 aliphatic heterocycles. The van der Waals surface area contributed by atoms with Gasteiger partial charge in [-0.3, -0.25) is 20.4 Å². The van der Waals surface area contributed by atoms with Crippen LogP contribution < -0.4 is 15.6 Å². The molecule has 0 atom stereocenters. The number of amides is 2. The molecule has 0 aromatic heterocycles. The highest BCUT2D eigenvalue weighted by Crippen LogP contribution is 2.29. The van der Waals surface area contributed by atoms with Gasteiger partial charge in [0.2, 0.25) is 0 Å². The first-order valence-electron chi connectivity index (χ1n) is 10.6. The van der Waals surface area contributed by atoms with Crippen molar-refractivity contribution >= 4 is 11.8 Å². The highest BCUT2D eigenvalue weighted by molar-refractivity contribution is 6.02. The van der Waals surface area contributed by atoms with Crippen molar-refractivity contribution in [2.24, 2.45) is 0 Å². The van der Waals surface area contributed by atoms with Crippen LogP contribution >= 0.6 is 0 Å². The second-order valence-electron chi connectivity index (χ2n) is 7.36. The number of hydrogen-bond donors (Lipinski definition) is 2. The highest BCUT2D eigenvalue weighted by atomic mass is 16.5. The van der Waals surface area contributed by atoms with Gasteiger partial charge in [-0.1, -0.05) is 84.9 Å². The molecular weight excluding hydrogens is 426 g/mol. The summed E-state index contributed by atoms with van der Waals surface area (Å²) in [5.74, 6) is -0.443. The first kappa shape index (κ1) is 22.3. The van der Waals surface area contributed by atoms with E-state index in [1.54, 1.807) is 54.6 Å². The Morgan fingerprint density at radius 1 is 0.706 bits per heavy atom. The zero-order valence-corrected chi connectivity index (χ0v) is 18.2. The maximum absolute atomic E-state index is 12.8. The molecule has 6 nitrogen and oxygen atoms in total. The molecule has 0 aliphatic rings. The maximum atomic E-state index is 12.8. The number of hydrazine groups is 1. The van der Waals surface area contributed by atoms with E-state index in [4.69, 9.17) is 4.74 Å². The Morgan fingerprint density at radius 2 is 1.32 bits per heavy atom. The average molecular weight is 447 g/mol. The molecule has 4 rings (SSSR count). The quantitative estimate of drug-likeness (QED) is 0.418. The third-order valence-corrected chi connectivity index (χ3v) is 5.16. The SMILES string of the molecule is N#Cc1ccccc1-c1ccccc1C(=O)NNC(=O)COc1ccccc1-c1ccccc1. The maximum Gasteiger partial charge on any atom is 0.276 e. The number of para-hydroxylation sites is 1. The number of hydrogen-bond acceptors (Lipinski definition) is 4. The second-order valence-corrected chi connectivity index (χ2v) is 7.36. The van der Waals surface area contributed by atoms with Crippen LogP contribution in [0.2, 0.25) is 0 Å². The van der Waals surface area contributed by atoms with E-state index in [1.807, 2.05) is 48.5 Å². The number of rotatable bonds is 6. The molecule has 34 heavy (non-hydrogen) atoms. The Labute approximate surface area is 197 Å². The third kappa shape index (κ3) is 5.12. The summed E-state index contributed by atoms with van der Waals surface area (Å²) in [5.41, 5.74) is 8.68. The lowest BCUT2D eigenvalue weighted by atomic mass is 9.95. The smallest absolute Gasteiger partial charge is 0.276 e. The Morgan fingerprint density at radius 3 is 2.09 bits per heavy atom. The fourth-order valence-electron chi connectivity index (χ4n) is 3.55. The van der Waals surface area contributed by atoms with E-state index in [-0.39, 0.29) is 6.61 Å². The Hall–Kier alpha value is -4.89. The number of nitriles is 1. The van der Waals surface area contributed by atoms with Crippen molar-refractivity contribution in [3.8, 4) is 34.1 Å². The molecule has 2 N–H and O–H groups in total. The van der Waals surface area contributed by atoms with Crippen molar-refractivity contribution in [3.63, 3.8) is 0 Å². The second kappa shape index (κ2) is 10.6. The standard InChI is InChI=1S/C28H21N3O3/c29-18-21-12-4-5-13-22(21)24-15-6-7-16-25(24)28(33)31-30-27(32)19-34-26-17-9-8-14-23(26)20-10-2-1-3-11-20/h1-17H,19H2,(H,30,32)(H,31,33). The first-order chi connectivity index (χ1) is 16.7. The van der Waals surface area contributed by atoms with Crippen LogP contribution in [0.25, 0.3) is 22.3 Å². The zero-order valence-electron chi connectivity index (χ0n) is 18.2. The van der Waals surface area contributed by atoms with Crippen LogP contribution in [0.3, 0.4) is 0 Å². The van der Waals surface area contributed by atoms with Gasteiger partial charge in [-0.05, 0) is 29.3 Å². The number of carbonyl (C=O) groups excluding carboxylic acids is 2. The number of nitrogens with one attached hydrogen (secondary N) is 2. The lowest BCUT2D eigenvalue weighted by Crippen LogP contribution is -2.44. The van der Waals surface area contributed by atoms with Crippen LogP contribution in [-0.2, 0) is 4.79 Å². The molecule has 0 spiro atoms. The first-order valence-corrected chi connectivity index (χ1v) is 10.6. The van der Waals surface area contributed by atoms with Gasteiger partial charge in [0.05, 0.1) is 11.6 Å². The summed E-state index contributed by atoms with van der Waals surface area (Å²) >= 11 is 0. The minimum Gasteiger partial charge on any atom is -0.483 e. The van der Waals surface area contributed by atoms with Gasteiger partial charge in [0.1, 0.15) is 5.75 Å². The van der Waals surface area contributed by atoms with Crippen molar-refractivity contribution in [1.29, 1.82) is 5.26 Å². The van der Waals surface area contributed by atoms with Gasteiger partial charge in [-0.25, -0.2) is 0 Å². The van der Waals surface area contributed by atoms with Crippen LogP contribution in [0.1, 0.15) is 15.9 Å². The average Bonchev–Trinajstić information content (AvgIpc) is 2.91. The van der Waals surface area contributed by atoms with Crippen LogP contribution in [-0.4, -0.2) is 18.4 Å². The predicted molar refractivity (Wildman–Crippen MR) is 130 cm³/mol. The van der Waals surface area contributed by atoms with Gasteiger partial charge in [0.15, 0.2) is 6.61 Å². The fraction of sp³-hybridized carbons (Fsp3) is 0.0357. The van der Waals surface area contributed by atoms with Crippen molar-refractivity contribution in [2.75, 3.05) is 6.61 Å². The predicted octanol–water partition coefficient (Wildman–Crippen LogP) is 4.73. The molecule has 0 unspecified atom stereocenters. The highest BCUT2D eigenvalue weighted by Gasteiger charge is 2.16. The van der Waals surface area contributed by atoms with Crippen molar-refractivity contribution in [3.05, 3.63) is 114 Å². The van der Waals surface area contributed by atoms with Crippen molar-refractivity contribution in [1.82, 2.24) is 10.9 Å². The largest absolute Gasteiger partial charge is 0.483 e. The van der Waals surface area contributed by atoms with Crippen molar-refractivity contribution < 1.29 is 14.3 Å². The van der Waals surface area contributed by atoms with Gasteiger partial charge in [-0.15, -0.1) is 0 Å². The van der Waals surface area contributed by atoms with E-state index >= 15 is 0 Å². The number of nitrogens with zero attached hydrogens (tertiary/aromatic N) is 1. The van der Waals surface area contributed by atoms with Gasteiger partial charge in [0, 0.05) is 16.7 Å². The lowest BCUT2D eigenvalue weighted by Gasteiger charge is -2.13. The summed E-state index contributed by atoms with van der Waals surface area (Å²) in [4.78, 5) is 25.2.